The number of anilines is 1. The topological polar surface area (TPSA) is 93.9 Å². The van der Waals surface area contributed by atoms with Gasteiger partial charge in [0.05, 0.1) is 48.5 Å². The monoisotopic (exact) mass is 563 g/mol. The number of fused-ring (bicyclic) bond motifs is 1. The number of aliphatic hydroxyl groups excluding tert-OH is 1. The maximum absolute atomic E-state index is 13.1. The highest BCUT2D eigenvalue weighted by Gasteiger charge is 2.37. The van der Waals surface area contributed by atoms with Crippen molar-refractivity contribution in [2.45, 2.75) is 38.1 Å². The maximum Gasteiger partial charge on any atom is 0.266 e. The number of ether oxygens (including phenoxy) is 2. The number of aliphatic hydroxyl groups is 1. The number of imidazole rings is 1. The number of hydrogen-bond acceptors (Lipinski definition) is 6. The highest BCUT2D eigenvalue weighted by atomic mass is 35.5. The number of rotatable bonds is 6. The second-order valence-corrected chi connectivity index (χ2v) is 10.1. The van der Waals surface area contributed by atoms with E-state index < -0.39 is 6.29 Å². The van der Waals surface area contributed by atoms with Gasteiger partial charge in [-0.25, -0.2) is 9.88 Å². The molecular weight excluding hydrogens is 541 g/mol. The van der Waals surface area contributed by atoms with Gasteiger partial charge in [-0.1, -0.05) is 71.7 Å². The van der Waals surface area contributed by atoms with E-state index in [-0.39, 0.29) is 35.8 Å². The van der Waals surface area contributed by atoms with Crippen molar-refractivity contribution in [3.63, 3.8) is 0 Å². The summed E-state index contributed by atoms with van der Waals surface area (Å²) in [5.41, 5.74) is 3.56. The van der Waals surface area contributed by atoms with Gasteiger partial charge in [0.1, 0.15) is 5.15 Å². The Bertz CT molecular complexity index is 1520. The number of imide groups is 1. The Morgan fingerprint density at radius 2 is 1.62 bits per heavy atom. The van der Waals surface area contributed by atoms with Crippen LogP contribution in [0.3, 0.4) is 0 Å². The van der Waals surface area contributed by atoms with Gasteiger partial charge in [-0.15, -0.1) is 0 Å². The van der Waals surface area contributed by atoms with Crippen molar-refractivity contribution in [1.29, 1.82) is 0 Å². The summed E-state index contributed by atoms with van der Waals surface area (Å²) in [5.74, 6) is -0.742. The molecule has 0 radical (unpaired) electrons. The van der Waals surface area contributed by atoms with Crippen molar-refractivity contribution < 1.29 is 24.2 Å². The first kappa shape index (κ1) is 25.7. The van der Waals surface area contributed by atoms with Gasteiger partial charge in [0.25, 0.3) is 11.8 Å². The molecule has 1 aromatic heterocycles. The Kier molecular flexibility index (Phi) is 6.97. The van der Waals surface area contributed by atoms with E-state index >= 15 is 0 Å². The average Bonchev–Trinajstić information content (AvgIpc) is 3.42. The van der Waals surface area contributed by atoms with Crippen LogP contribution in [-0.4, -0.2) is 32.6 Å². The number of nitrogens with zero attached hydrogens (tertiary/aromatic N) is 3. The summed E-state index contributed by atoms with van der Waals surface area (Å²) in [6, 6.07) is 21.4. The quantitative estimate of drug-likeness (QED) is 0.301. The van der Waals surface area contributed by atoms with E-state index in [0.29, 0.717) is 40.5 Å². The van der Waals surface area contributed by atoms with Gasteiger partial charge in [-0.2, -0.15) is 0 Å². The number of carbonyl (C=O) groups is 2. The minimum absolute atomic E-state index is 0.0509. The smallest absolute Gasteiger partial charge is 0.266 e. The Balaban J connectivity index is 1.31. The number of aromatic nitrogens is 2. The molecule has 2 amide bonds. The molecule has 0 unspecified atom stereocenters. The minimum Gasteiger partial charge on any atom is -0.392 e. The fourth-order valence-electron chi connectivity index (χ4n) is 4.96. The normalized spacial score (nSPS) is 20.9. The van der Waals surface area contributed by atoms with Gasteiger partial charge in [-0.3, -0.25) is 9.59 Å². The fourth-order valence-corrected chi connectivity index (χ4v) is 5.27. The first-order valence-electron chi connectivity index (χ1n) is 12.4. The summed E-state index contributed by atoms with van der Waals surface area (Å²) in [7, 11) is 0. The Morgan fingerprint density at radius 1 is 0.897 bits per heavy atom. The van der Waals surface area contributed by atoms with Crippen molar-refractivity contribution in [2.75, 3.05) is 4.90 Å². The van der Waals surface area contributed by atoms with Crippen LogP contribution >= 0.6 is 23.2 Å². The third-order valence-corrected chi connectivity index (χ3v) is 7.71. The first-order valence-corrected chi connectivity index (χ1v) is 13.1. The molecule has 0 spiro atoms. The number of amides is 2. The molecule has 10 heteroatoms. The summed E-state index contributed by atoms with van der Waals surface area (Å²) in [5, 5.41) is 9.97. The van der Waals surface area contributed by atoms with Crippen LogP contribution in [0.5, 0.6) is 0 Å². The third kappa shape index (κ3) is 4.86. The lowest BCUT2D eigenvalue weighted by atomic mass is 10.00. The zero-order valence-corrected chi connectivity index (χ0v) is 22.0. The van der Waals surface area contributed by atoms with E-state index in [1.54, 1.807) is 53.4 Å². The zero-order valence-electron chi connectivity index (χ0n) is 20.5. The molecule has 2 aliphatic rings. The molecule has 1 fully saturated rings. The number of carbonyl (C=O) groups excluding carboxylic acids is 2. The van der Waals surface area contributed by atoms with Crippen LogP contribution in [-0.2, 0) is 22.6 Å². The molecule has 0 bridgehead atoms. The Hall–Kier alpha value is -3.53. The lowest BCUT2D eigenvalue weighted by Gasteiger charge is -2.36. The summed E-state index contributed by atoms with van der Waals surface area (Å²) in [6.45, 7) is 0.340. The Morgan fingerprint density at radius 3 is 2.26 bits per heavy atom. The molecule has 3 aromatic carbocycles. The number of hydrogen-bond donors (Lipinski definition) is 1. The molecule has 198 valence electrons. The van der Waals surface area contributed by atoms with Crippen LogP contribution < -0.4 is 4.90 Å². The SMILES string of the molecule is O=C1c2ccccc2C(=O)N1c1cccc([C@@H]2O[C@H](Cn3cnc(Cl)c3Cl)C[C@H](c3ccc(CO)cc3)O2)c1. The van der Waals surface area contributed by atoms with E-state index in [1.165, 1.54) is 4.90 Å². The van der Waals surface area contributed by atoms with Gasteiger partial charge < -0.3 is 19.1 Å². The molecule has 39 heavy (non-hydrogen) atoms. The highest BCUT2D eigenvalue weighted by Crippen LogP contribution is 2.40. The van der Waals surface area contributed by atoms with Crippen molar-refractivity contribution in [3.8, 4) is 0 Å². The molecular formula is C29H23Cl2N3O5. The molecule has 4 aromatic rings. The molecule has 1 saturated heterocycles. The van der Waals surface area contributed by atoms with E-state index in [2.05, 4.69) is 4.98 Å². The lowest BCUT2D eigenvalue weighted by molar-refractivity contribution is -0.252. The van der Waals surface area contributed by atoms with Gasteiger partial charge >= 0.3 is 0 Å². The van der Waals surface area contributed by atoms with Crippen molar-refractivity contribution in [3.05, 3.63) is 117 Å². The molecule has 3 atom stereocenters. The predicted molar refractivity (Wildman–Crippen MR) is 145 cm³/mol. The van der Waals surface area contributed by atoms with Crippen LogP contribution in [0.15, 0.2) is 79.1 Å². The van der Waals surface area contributed by atoms with Crippen LogP contribution in [0.1, 0.15) is 56.2 Å². The van der Waals surface area contributed by atoms with Crippen molar-refractivity contribution >= 4 is 40.7 Å². The molecule has 0 aliphatic carbocycles. The molecule has 6 rings (SSSR count). The van der Waals surface area contributed by atoms with Crippen LogP contribution in [0, 0.1) is 0 Å². The van der Waals surface area contributed by atoms with E-state index in [1.807, 2.05) is 30.3 Å². The second kappa shape index (κ2) is 10.6. The van der Waals surface area contributed by atoms with Gasteiger partial charge in [0.2, 0.25) is 0 Å². The molecule has 8 nitrogen and oxygen atoms in total. The van der Waals surface area contributed by atoms with E-state index in [0.717, 1.165) is 11.1 Å². The minimum atomic E-state index is -0.792. The van der Waals surface area contributed by atoms with E-state index in [9.17, 15) is 14.7 Å². The largest absolute Gasteiger partial charge is 0.392 e. The van der Waals surface area contributed by atoms with Crippen molar-refractivity contribution in [1.82, 2.24) is 9.55 Å². The summed E-state index contributed by atoms with van der Waals surface area (Å²) in [4.78, 5) is 31.4. The van der Waals surface area contributed by atoms with Crippen LogP contribution in [0.4, 0.5) is 5.69 Å². The van der Waals surface area contributed by atoms with Gasteiger partial charge in [0.15, 0.2) is 11.4 Å². The zero-order chi connectivity index (χ0) is 27.1. The fraction of sp³-hybridized carbons (Fsp3) is 0.207. The number of halogens is 2. The maximum atomic E-state index is 13.1. The molecule has 0 saturated carbocycles. The van der Waals surface area contributed by atoms with E-state index in [4.69, 9.17) is 32.7 Å². The molecule has 3 heterocycles. The summed E-state index contributed by atoms with van der Waals surface area (Å²) >= 11 is 12.4. The summed E-state index contributed by atoms with van der Waals surface area (Å²) < 4.78 is 14.5. The Labute approximate surface area is 234 Å². The van der Waals surface area contributed by atoms with Gasteiger partial charge in [-0.05, 0) is 35.4 Å². The first-order chi connectivity index (χ1) is 18.9. The van der Waals surface area contributed by atoms with Crippen LogP contribution in [0.25, 0.3) is 0 Å². The third-order valence-electron chi connectivity index (χ3n) is 6.94. The standard InChI is InChI=1S/C29H23Cl2N3O5/c30-25-26(31)33(16-32-25)14-21-13-24(18-10-8-17(15-35)9-11-18)39-29(38-21)19-4-3-5-20(12-19)34-27(36)22-6-1-2-7-23(22)28(34)37/h1-12,16,21,24,29,35H,13-15H2/t21-,24+,29+/m0/s1. The average molecular weight is 564 g/mol. The molecule has 1 N–H and O–H groups in total. The number of benzene rings is 3. The lowest BCUT2D eigenvalue weighted by Crippen LogP contribution is -2.33. The van der Waals surface area contributed by atoms with Crippen molar-refractivity contribution in [2.24, 2.45) is 0 Å². The highest BCUT2D eigenvalue weighted by molar-refractivity contribution is 6.40. The predicted octanol–water partition coefficient (Wildman–Crippen LogP) is 5.73. The van der Waals surface area contributed by atoms with Crippen LogP contribution in [0.2, 0.25) is 10.3 Å². The van der Waals surface area contributed by atoms with Gasteiger partial charge in [0, 0.05) is 12.0 Å². The second-order valence-electron chi connectivity index (χ2n) is 9.41. The molecule has 2 aliphatic heterocycles. The summed E-state index contributed by atoms with van der Waals surface area (Å²) in [6.07, 6.45) is 0.643.